The van der Waals surface area contributed by atoms with Crippen LogP contribution in [0.1, 0.15) is 12.5 Å². The summed E-state index contributed by atoms with van der Waals surface area (Å²) in [5, 5.41) is 3.44. The lowest BCUT2D eigenvalue weighted by atomic mass is 9.92. The van der Waals surface area contributed by atoms with Gasteiger partial charge in [0, 0.05) is 17.3 Å². The molecule has 0 amide bonds. The predicted octanol–water partition coefficient (Wildman–Crippen LogP) is 3.99. The molecule has 0 spiro atoms. The molecule has 2 aromatic rings. The van der Waals surface area contributed by atoms with E-state index in [2.05, 4.69) is 5.32 Å². The van der Waals surface area contributed by atoms with Crippen molar-refractivity contribution in [2.75, 3.05) is 11.9 Å². The molecule has 0 aliphatic carbocycles. The zero-order valence-electron chi connectivity index (χ0n) is 11.7. The summed E-state index contributed by atoms with van der Waals surface area (Å²) < 4.78 is 27.2. The van der Waals surface area contributed by atoms with Crippen LogP contribution in [0.4, 0.5) is 14.5 Å². The molecule has 0 heterocycles. The van der Waals surface area contributed by atoms with E-state index >= 15 is 0 Å². The van der Waals surface area contributed by atoms with Gasteiger partial charge in [0.2, 0.25) is 0 Å². The molecule has 1 atom stereocenters. The molecule has 2 nitrogen and oxygen atoms in total. The highest BCUT2D eigenvalue weighted by atomic mass is 35.5. The molecule has 0 aliphatic rings. The van der Waals surface area contributed by atoms with E-state index < -0.39 is 11.4 Å². The van der Waals surface area contributed by atoms with Crippen molar-refractivity contribution in [1.82, 2.24) is 0 Å². The highest BCUT2D eigenvalue weighted by molar-refractivity contribution is 6.30. The van der Waals surface area contributed by atoms with Crippen molar-refractivity contribution in [1.29, 1.82) is 0 Å². The van der Waals surface area contributed by atoms with Gasteiger partial charge in [-0.2, -0.15) is 0 Å². The Morgan fingerprint density at radius 1 is 1.19 bits per heavy atom. The summed E-state index contributed by atoms with van der Waals surface area (Å²) in [7, 11) is 0. The number of halogens is 3. The van der Waals surface area contributed by atoms with E-state index in [1.54, 1.807) is 24.3 Å². The number of nitrogens with two attached hydrogens (primary N) is 1. The van der Waals surface area contributed by atoms with Gasteiger partial charge >= 0.3 is 0 Å². The summed E-state index contributed by atoms with van der Waals surface area (Å²) in [5.74, 6) is -0.716. The molecule has 2 aromatic carbocycles. The van der Waals surface area contributed by atoms with Crippen molar-refractivity contribution in [2.24, 2.45) is 5.73 Å². The Kier molecular flexibility index (Phi) is 4.80. The lowest BCUT2D eigenvalue weighted by Gasteiger charge is -2.31. The second-order valence-corrected chi connectivity index (χ2v) is 5.75. The van der Waals surface area contributed by atoms with Crippen molar-refractivity contribution in [2.45, 2.75) is 18.9 Å². The van der Waals surface area contributed by atoms with Crippen molar-refractivity contribution < 1.29 is 8.78 Å². The van der Waals surface area contributed by atoms with Crippen LogP contribution in [0.2, 0.25) is 5.02 Å². The van der Waals surface area contributed by atoms with E-state index in [1.165, 1.54) is 18.2 Å². The van der Waals surface area contributed by atoms with Crippen molar-refractivity contribution in [3.63, 3.8) is 0 Å². The van der Waals surface area contributed by atoms with E-state index in [-0.39, 0.29) is 12.4 Å². The van der Waals surface area contributed by atoms with Crippen LogP contribution in [0.3, 0.4) is 0 Å². The molecule has 21 heavy (non-hydrogen) atoms. The largest absolute Gasteiger partial charge is 0.378 e. The molecule has 0 aliphatic heterocycles. The Hall–Kier alpha value is -1.65. The van der Waals surface area contributed by atoms with Crippen LogP contribution in [0.15, 0.2) is 42.5 Å². The summed E-state index contributed by atoms with van der Waals surface area (Å²) in [4.78, 5) is 0. The Balaban J connectivity index is 2.23. The first-order chi connectivity index (χ1) is 9.92. The number of hydrogen-bond donors (Lipinski definition) is 2. The summed E-state index contributed by atoms with van der Waals surface area (Å²) >= 11 is 5.84. The molecule has 5 heteroatoms. The Morgan fingerprint density at radius 3 is 2.52 bits per heavy atom. The third-order valence-electron chi connectivity index (χ3n) is 3.30. The number of nitrogens with one attached hydrogen (secondary N) is 1. The molecule has 2 rings (SSSR count). The van der Waals surface area contributed by atoms with Crippen LogP contribution in [-0.4, -0.2) is 12.1 Å². The van der Waals surface area contributed by atoms with Gasteiger partial charge in [0.15, 0.2) is 0 Å². The molecule has 0 bridgehead atoms. The van der Waals surface area contributed by atoms with Gasteiger partial charge in [-0.25, -0.2) is 8.78 Å². The second-order valence-electron chi connectivity index (χ2n) is 5.32. The summed E-state index contributed by atoms with van der Waals surface area (Å²) in [5.41, 5.74) is 6.28. The molecule has 3 N–H and O–H groups in total. The Morgan fingerprint density at radius 2 is 1.90 bits per heavy atom. The Labute approximate surface area is 127 Å². The molecule has 0 radical (unpaired) electrons. The number of anilines is 1. The predicted molar refractivity (Wildman–Crippen MR) is 82.6 cm³/mol. The van der Waals surface area contributed by atoms with Gasteiger partial charge in [-0.3, -0.25) is 0 Å². The zero-order valence-corrected chi connectivity index (χ0v) is 12.4. The van der Waals surface area contributed by atoms with Crippen molar-refractivity contribution >= 4 is 17.3 Å². The van der Waals surface area contributed by atoms with Crippen LogP contribution in [0.25, 0.3) is 0 Å². The summed E-state index contributed by atoms with van der Waals surface area (Å²) in [6.45, 7) is 2.12. The summed E-state index contributed by atoms with van der Waals surface area (Å²) in [6, 6.07) is 10.7. The lowest BCUT2D eigenvalue weighted by Crippen LogP contribution is -2.44. The minimum atomic E-state index is -0.612. The van der Waals surface area contributed by atoms with E-state index in [9.17, 15) is 8.78 Å². The van der Waals surface area contributed by atoms with E-state index in [0.29, 0.717) is 22.7 Å². The third-order valence-corrected chi connectivity index (χ3v) is 3.52. The molecule has 0 saturated carbocycles. The SMILES string of the molecule is CC(CN)(Cc1ccccc1F)Nc1cc(F)cc(Cl)c1. The molecule has 112 valence electrons. The number of rotatable bonds is 5. The van der Waals surface area contributed by atoms with Crippen LogP contribution < -0.4 is 11.1 Å². The van der Waals surface area contributed by atoms with Crippen molar-refractivity contribution in [3.05, 3.63) is 64.7 Å². The first-order valence-electron chi connectivity index (χ1n) is 6.60. The second kappa shape index (κ2) is 6.41. The lowest BCUT2D eigenvalue weighted by molar-refractivity contribution is 0.501. The highest BCUT2D eigenvalue weighted by Crippen LogP contribution is 2.24. The monoisotopic (exact) mass is 310 g/mol. The fourth-order valence-corrected chi connectivity index (χ4v) is 2.43. The maximum atomic E-state index is 13.8. The molecular weight excluding hydrogens is 294 g/mol. The minimum absolute atomic E-state index is 0.259. The smallest absolute Gasteiger partial charge is 0.126 e. The Bertz CT molecular complexity index is 613. The number of benzene rings is 2. The zero-order chi connectivity index (χ0) is 15.5. The van der Waals surface area contributed by atoms with Crippen LogP contribution in [-0.2, 0) is 6.42 Å². The van der Waals surface area contributed by atoms with Crippen LogP contribution in [0, 0.1) is 11.6 Å². The minimum Gasteiger partial charge on any atom is -0.378 e. The van der Waals surface area contributed by atoms with Gasteiger partial charge < -0.3 is 11.1 Å². The maximum absolute atomic E-state index is 13.8. The normalized spacial score (nSPS) is 13.8. The van der Waals surface area contributed by atoms with E-state index in [0.717, 1.165) is 0 Å². The van der Waals surface area contributed by atoms with Crippen LogP contribution in [0.5, 0.6) is 0 Å². The first kappa shape index (κ1) is 15.7. The van der Waals surface area contributed by atoms with E-state index in [1.807, 2.05) is 6.92 Å². The van der Waals surface area contributed by atoms with Crippen molar-refractivity contribution in [3.8, 4) is 0 Å². The number of hydrogen-bond acceptors (Lipinski definition) is 2. The van der Waals surface area contributed by atoms with Gasteiger partial charge in [0.05, 0.1) is 5.54 Å². The van der Waals surface area contributed by atoms with Gasteiger partial charge in [-0.05, 0) is 43.2 Å². The van der Waals surface area contributed by atoms with Gasteiger partial charge in [-0.15, -0.1) is 0 Å². The third kappa shape index (κ3) is 4.16. The molecular formula is C16H17ClF2N2. The molecule has 1 unspecified atom stereocenters. The van der Waals surface area contributed by atoms with Crippen LogP contribution >= 0.6 is 11.6 Å². The average molecular weight is 311 g/mol. The fourth-order valence-electron chi connectivity index (χ4n) is 2.20. The van der Waals surface area contributed by atoms with Gasteiger partial charge in [0.25, 0.3) is 0 Å². The topological polar surface area (TPSA) is 38.0 Å². The molecule has 0 saturated heterocycles. The van der Waals surface area contributed by atoms with Gasteiger partial charge in [0.1, 0.15) is 11.6 Å². The molecule has 0 fully saturated rings. The maximum Gasteiger partial charge on any atom is 0.126 e. The fraction of sp³-hybridized carbons (Fsp3) is 0.250. The summed E-state index contributed by atoms with van der Waals surface area (Å²) in [6.07, 6.45) is 0.379. The standard InChI is InChI=1S/C16H17ClF2N2/c1-16(10-20,9-11-4-2-3-5-15(11)19)21-14-7-12(17)6-13(18)8-14/h2-8,21H,9-10,20H2,1H3. The van der Waals surface area contributed by atoms with E-state index in [4.69, 9.17) is 17.3 Å². The average Bonchev–Trinajstić information content (AvgIpc) is 2.40. The highest BCUT2D eigenvalue weighted by Gasteiger charge is 2.24. The molecule has 0 aromatic heterocycles. The quantitative estimate of drug-likeness (QED) is 0.876. The van der Waals surface area contributed by atoms with Gasteiger partial charge in [-0.1, -0.05) is 29.8 Å². The first-order valence-corrected chi connectivity index (χ1v) is 6.97.